The second-order valence-electron chi connectivity index (χ2n) is 7.40. The number of halogens is 3. The van der Waals surface area contributed by atoms with Crippen LogP contribution in [0.1, 0.15) is 23.1 Å². The molecule has 3 aromatic rings. The van der Waals surface area contributed by atoms with Crippen LogP contribution in [0.3, 0.4) is 0 Å². The van der Waals surface area contributed by atoms with Crippen molar-refractivity contribution in [3.05, 3.63) is 108 Å². The monoisotopic (exact) mass is 489 g/mol. The fourth-order valence-electron chi connectivity index (χ4n) is 3.15. The molecule has 0 aliphatic rings. The van der Waals surface area contributed by atoms with Crippen molar-refractivity contribution in [1.82, 2.24) is 0 Å². The summed E-state index contributed by atoms with van der Waals surface area (Å²) in [6, 6.07) is 20.2. The maximum Gasteiger partial charge on any atom is 0.416 e. The van der Waals surface area contributed by atoms with Crippen molar-refractivity contribution in [2.24, 2.45) is 4.40 Å². The van der Waals surface area contributed by atoms with Crippen molar-refractivity contribution in [2.75, 3.05) is 0 Å². The molecule has 0 amide bonds. The highest BCUT2D eigenvalue weighted by atomic mass is 32.2. The predicted molar refractivity (Wildman–Crippen MR) is 127 cm³/mol. The molecule has 0 aromatic heterocycles. The van der Waals surface area contributed by atoms with Gasteiger partial charge in [-0.15, -0.1) is 18.3 Å². The quantitative estimate of drug-likeness (QED) is 0.194. The van der Waals surface area contributed by atoms with Gasteiger partial charge in [0.05, 0.1) is 15.2 Å². The fourth-order valence-corrected chi connectivity index (χ4v) is 5.41. The van der Waals surface area contributed by atoms with Crippen LogP contribution in [0.4, 0.5) is 13.2 Å². The SMILES string of the molecule is C=CCC(/C=N/S(=O)(=O)c1ccc(C)cc1)(Sc1ccccc1)c1ccc(C(F)(F)F)cc1. The van der Waals surface area contributed by atoms with Gasteiger partial charge in [0.2, 0.25) is 0 Å². The largest absolute Gasteiger partial charge is 0.416 e. The van der Waals surface area contributed by atoms with Gasteiger partial charge >= 0.3 is 6.18 Å². The number of rotatable bonds is 8. The van der Waals surface area contributed by atoms with E-state index in [1.807, 2.05) is 37.3 Å². The highest BCUT2D eigenvalue weighted by molar-refractivity contribution is 8.01. The molecule has 1 unspecified atom stereocenters. The Labute approximate surface area is 196 Å². The lowest BCUT2D eigenvalue weighted by atomic mass is 9.94. The van der Waals surface area contributed by atoms with Crippen molar-refractivity contribution in [1.29, 1.82) is 0 Å². The van der Waals surface area contributed by atoms with E-state index in [9.17, 15) is 21.6 Å². The molecule has 0 saturated carbocycles. The zero-order valence-electron chi connectivity index (χ0n) is 17.8. The van der Waals surface area contributed by atoms with E-state index in [2.05, 4.69) is 11.0 Å². The molecule has 3 rings (SSSR count). The van der Waals surface area contributed by atoms with Crippen molar-refractivity contribution in [3.8, 4) is 0 Å². The minimum absolute atomic E-state index is 0.0361. The van der Waals surface area contributed by atoms with E-state index >= 15 is 0 Å². The summed E-state index contributed by atoms with van der Waals surface area (Å²) in [6.45, 7) is 5.62. The summed E-state index contributed by atoms with van der Waals surface area (Å²) >= 11 is 1.30. The normalized spacial score (nSPS) is 14.2. The highest BCUT2D eigenvalue weighted by Crippen LogP contribution is 2.44. The number of sulfonamides is 1. The van der Waals surface area contributed by atoms with Gasteiger partial charge in [-0.3, -0.25) is 0 Å². The minimum Gasteiger partial charge on any atom is -0.199 e. The summed E-state index contributed by atoms with van der Waals surface area (Å²) in [6.07, 6.45) is -1.35. The number of aryl methyl sites for hydroxylation is 1. The fraction of sp³-hybridized carbons (Fsp3) is 0.160. The molecule has 3 nitrogen and oxygen atoms in total. The molecule has 33 heavy (non-hydrogen) atoms. The first-order valence-electron chi connectivity index (χ1n) is 9.97. The molecule has 0 aliphatic carbocycles. The number of nitrogens with zero attached hydrogens (tertiary/aromatic N) is 1. The van der Waals surface area contributed by atoms with Crippen LogP contribution in [0, 0.1) is 6.92 Å². The van der Waals surface area contributed by atoms with Crippen LogP contribution in [-0.4, -0.2) is 14.6 Å². The Morgan fingerprint density at radius 3 is 2.03 bits per heavy atom. The summed E-state index contributed by atoms with van der Waals surface area (Å²) in [5.41, 5.74) is 0.600. The number of hydrogen-bond donors (Lipinski definition) is 0. The third kappa shape index (κ3) is 6.15. The molecule has 8 heteroatoms. The number of alkyl halides is 3. The van der Waals surface area contributed by atoms with Crippen LogP contribution < -0.4 is 0 Å². The molecule has 3 aromatic carbocycles. The molecule has 0 heterocycles. The van der Waals surface area contributed by atoms with Crippen LogP contribution in [0.25, 0.3) is 0 Å². The molecule has 0 radical (unpaired) electrons. The first kappa shape index (κ1) is 24.8. The van der Waals surface area contributed by atoms with Gasteiger partial charge in [0.25, 0.3) is 10.0 Å². The Hall–Kier alpha value is -2.84. The van der Waals surface area contributed by atoms with Crippen LogP contribution in [-0.2, 0) is 20.9 Å². The molecule has 172 valence electrons. The summed E-state index contributed by atoms with van der Waals surface area (Å²) < 4.78 is 67.9. The van der Waals surface area contributed by atoms with Crippen molar-refractivity contribution < 1.29 is 21.6 Å². The zero-order chi connectivity index (χ0) is 24.1. The Balaban J connectivity index is 2.11. The van der Waals surface area contributed by atoms with E-state index in [0.29, 0.717) is 5.56 Å². The van der Waals surface area contributed by atoms with Gasteiger partial charge in [0.1, 0.15) is 0 Å². The molecular weight excluding hydrogens is 467 g/mol. The number of allylic oxidation sites excluding steroid dienone is 1. The first-order valence-corrected chi connectivity index (χ1v) is 12.2. The second kappa shape index (κ2) is 9.97. The first-order chi connectivity index (χ1) is 15.6. The van der Waals surface area contributed by atoms with Crippen LogP contribution in [0.15, 0.2) is 106 Å². The van der Waals surface area contributed by atoms with Crippen molar-refractivity contribution >= 4 is 28.0 Å². The van der Waals surface area contributed by atoms with E-state index in [-0.39, 0.29) is 11.3 Å². The van der Waals surface area contributed by atoms with Gasteiger partial charge in [0, 0.05) is 11.1 Å². The molecule has 0 spiro atoms. The summed E-state index contributed by atoms with van der Waals surface area (Å²) in [4.78, 5) is 0.840. The van der Waals surface area contributed by atoms with Crippen LogP contribution in [0.2, 0.25) is 0 Å². The maximum absolute atomic E-state index is 13.1. The Morgan fingerprint density at radius 1 is 0.909 bits per heavy atom. The smallest absolute Gasteiger partial charge is 0.199 e. The average Bonchev–Trinajstić information content (AvgIpc) is 2.78. The number of hydrogen-bond acceptors (Lipinski definition) is 3. The van der Waals surface area contributed by atoms with Gasteiger partial charge < -0.3 is 0 Å². The molecular formula is C25H22F3NO2S2. The van der Waals surface area contributed by atoms with Gasteiger partial charge in [-0.1, -0.05) is 54.1 Å². The molecule has 0 aliphatic heterocycles. The topological polar surface area (TPSA) is 46.5 Å². The lowest BCUT2D eigenvalue weighted by Crippen LogP contribution is -2.24. The van der Waals surface area contributed by atoms with E-state index in [4.69, 9.17) is 0 Å². The molecule has 1 atom stereocenters. The second-order valence-corrected chi connectivity index (χ2v) is 10.4. The molecule has 0 N–H and O–H groups in total. The maximum atomic E-state index is 13.1. The van der Waals surface area contributed by atoms with Crippen molar-refractivity contribution in [3.63, 3.8) is 0 Å². The van der Waals surface area contributed by atoms with Gasteiger partial charge in [-0.05, 0) is 55.3 Å². The Kier molecular flexibility index (Phi) is 7.49. The van der Waals surface area contributed by atoms with E-state index in [1.54, 1.807) is 18.2 Å². The molecule has 0 fully saturated rings. The zero-order valence-corrected chi connectivity index (χ0v) is 19.4. The highest BCUT2D eigenvalue weighted by Gasteiger charge is 2.34. The summed E-state index contributed by atoms with van der Waals surface area (Å²) in [5.74, 6) is 0. The van der Waals surface area contributed by atoms with Crippen LogP contribution in [0.5, 0.6) is 0 Å². The van der Waals surface area contributed by atoms with Crippen molar-refractivity contribution in [2.45, 2.75) is 34.1 Å². The third-order valence-corrected chi connectivity index (χ3v) is 7.54. The Bertz CT molecular complexity index is 1220. The minimum atomic E-state index is -4.48. The predicted octanol–water partition coefficient (Wildman–Crippen LogP) is 7.04. The van der Waals surface area contributed by atoms with Gasteiger partial charge in [-0.2, -0.15) is 26.0 Å². The average molecular weight is 490 g/mol. The summed E-state index contributed by atoms with van der Waals surface area (Å²) in [5, 5.41) is 0. The number of thioether (sulfide) groups is 1. The standard InChI is InChI=1S/C25H22F3NO2S2/c1-3-17-24(32-22-7-5-4-6-8-22,20-11-13-21(14-12-20)25(26,27)28)18-29-33(30,31)23-15-9-19(2)10-16-23/h3-16,18H,1,17H2,2H3/b29-18+. The lowest BCUT2D eigenvalue weighted by molar-refractivity contribution is -0.137. The third-order valence-electron chi connectivity index (χ3n) is 4.91. The van der Waals surface area contributed by atoms with E-state index in [0.717, 1.165) is 22.6 Å². The van der Waals surface area contributed by atoms with Gasteiger partial charge in [-0.25, -0.2) is 0 Å². The number of benzene rings is 3. The molecule has 0 saturated heterocycles. The Morgan fingerprint density at radius 2 is 1.48 bits per heavy atom. The van der Waals surface area contributed by atoms with Gasteiger partial charge in [0.15, 0.2) is 0 Å². The van der Waals surface area contributed by atoms with Crippen LogP contribution >= 0.6 is 11.8 Å². The lowest BCUT2D eigenvalue weighted by Gasteiger charge is -2.29. The van der Waals surface area contributed by atoms with E-state index < -0.39 is 26.5 Å². The molecule has 0 bridgehead atoms. The van der Waals surface area contributed by atoms with E-state index in [1.165, 1.54) is 42.2 Å². The summed E-state index contributed by atoms with van der Waals surface area (Å²) in [7, 11) is -4.02.